The summed E-state index contributed by atoms with van der Waals surface area (Å²) < 4.78 is 0. The van der Waals surface area contributed by atoms with Gasteiger partial charge >= 0.3 is 5.97 Å². The number of nitrogens with two attached hydrogens (primary N) is 1. The molecule has 1 aromatic carbocycles. The first-order chi connectivity index (χ1) is 11.0. The Kier molecular flexibility index (Phi) is 5.35. The van der Waals surface area contributed by atoms with E-state index in [0.717, 1.165) is 43.8 Å². The molecule has 122 valence electrons. The minimum atomic E-state index is -1.21. The molecule has 23 heavy (non-hydrogen) atoms. The van der Waals surface area contributed by atoms with E-state index in [1.54, 1.807) is 12.1 Å². The zero-order valence-corrected chi connectivity index (χ0v) is 12.6. The van der Waals surface area contributed by atoms with Crippen molar-refractivity contribution in [2.75, 3.05) is 23.3 Å². The molecule has 0 spiro atoms. The Morgan fingerprint density at radius 1 is 1.13 bits per heavy atom. The van der Waals surface area contributed by atoms with E-state index in [2.05, 4.69) is 10.2 Å². The number of amides is 2. The lowest BCUT2D eigenvalue weighted by Gasteiger charge is -2.30. The monoisotopic (exact) mass is 317 g/mol. The molecule has 1 aromatic rings. The number of carboxylic acids is 1. The van der Waals surface area contributed by atoms with Crippen LogP contribution < -0.4 is 16.0 Å². The highest BCUT2D eigenvalue weighted by molar-refractivity contribution is 6.04. The summed E-state index contributed by atoms with van der Waals surface area (Å²) in [7, 11) is 0. The number of primary amides is 1. The highest BCUT2D eigenvalue weighted by Crippen LogP contribution is 2.26. The largest absolute Gasteiger partial charge is 0.478 e. The van der Waals surface area contributed by atoms with Crippen molar-refractivity contribution in [2.24, 2.45) is 5.73 Å². The Morgan fingerprint density at radius 3 is 2.43 bits per heavy atom. The van der Waals surface area contributed by atoms with Crippen molar-refractivity contribution in [3.63, 3.8) is 0 Å². The number of anilines is 2. The quantitative estimate of drug-likeness (QED) is 0.710. The van der Waals surface area contributed by atoms with Crippen LogP contribution in [-0.4, -0.2) is 36.0 Å². The summed E-state index contributed by atoms with van der Waals surface area (Å²) >= 11 is 0. The standard InChI is InChI=1S/C16H19N3O4/c17-16(23)12-10-11(18-14(20)6-7-15(21)22)4-5-13(12)19-8-2-1-3-9-19/h4-7,10H,1-3,8-9H2,(H2,17,23)(H,18,20)(H,21,22). The van der Waals surface area contributed by atoms with Gasteiger partial charge in [-0.25, -0.2) is 4.79 Å². The summed E-state index contributed by atoms with van der Waals surface area (Å²) in [5.74, 6) is -2.37. The Bertz CT molecular complexity index is 649. The smallest absolute Gasteiger partial charge is 0.328 e. The van der Waals surface area contributed by atoms with Crippen molar-refractivity contribution in [3.05, 3.63) is 35.9 Å². The van der Waals surface area contributed by atoms with E-state index in [0.29, 0.717) is 11.3 Å². The number of piperidine rings is 1. The van der Waals surface area contributed by atoms with Gasteiger partial charge in [0.25, 0.3) is 5.91 Å². The average Bonchev–Trinajstić information content (AvgIpc) is 2.53. The summed E-state index contributed by atoms with van der Waals surface area (Å²) in [5, 5.41) is 11.0. The fourth-order valence-electron chi connectivity index (χ4n) is 2.55. The Hall–Kier alpha value is -2.83. The van der Waals surface area contributed by atoms with E-state index in [1.165, 1.54) is 12.5 Å². The third-order valence-corrected chi connectivity index (χ3v) is 3.60. The lowest BCUT2D eigenvalue weighted by atomic mass is 10.1. The van der Waals surface area contributed by atoms with Crippen LogP contribution in [0.25, 0.3) is 0 Å². The molecule has 1 aliphatic rings. The number of carboxylic acid groups (broad SMARTS) is 1. The predicted molar refractivity (Wildman–Crippen MR) is 86.4 cm³/mol. The summed E-state index contributed by atoms with van der Waals surface area (Å²) in [6.07, 6.45) is 4.96. The first-order valence-electron chi connectivity index (χ1n) is 7.38. The third-order valence-electron chi connectivity index (χ3n) is 3.60. The average molecular weight is 317 g/mol. The number of carbonyl (C=O) groups is 3. The Balaban J connectivity index is 2.20. The van der Waals surface area contributed by atoms with Crippen molar-refractivity contribution in [2.45, 2.75) is 19.3 Å². The number of nitrogens with zero attached hydrogens (tertiary/aromatic N) is 1. The van der Waals surface area contributed by atoms with Crippen molar-refractivity contribution in [1.82, 2.24) is 0 Å². The highest BCUT2D eigenvalue weighted by atomic mass is 16.4. The second-order valence-corrected chi connectivity index (χ2v) is 5.30. The molecule has 1 aliphatic heterocycles. The fraction of sp³-hybridized carbons (Fsp3) is 0.312. The van der Waals surface area contributed by atoms with Gasteiger partial charge in [-0.05, 0) is 37.5 Å². The van der Waals surface area contributed by atoms with Crippen LogP contribution in [0.5, 0.6) is 0 Å². The molecule has 1 saturated heterocycles. The molecule has 0 aliphatic carbocycles. The minimum absolute atomic E-state index is 0.340. The van der Waals surface area contributed by atoms with Gasteiger partial charge in [0.1, 0.15) is 0 Å². The lowest BCUT2D eigenvalue weighted by Crippen LogP contribution is -2.31. The van der Waals surface area contributed by atoms with Crippen LogP contribution >= 0.6 is 0 Å². The van der Waals surface area contributed by atoms with Gasteiger partial charge in [-0.3, -0.25) is 9.59 Å². The summed E-state index contributed by atoms with van der Waals surface area (Å²) in [5.41, 5.74) is 6.94. The Labute approximate surface area is 133 Å². The molecule has 2 amide bonds. The topological polar surface area (TPSA) is 113 Å². The van der Waals surface area contributed by atoms with E-state index < -0.39 is 17.8 Å². The van der Waals surface area contributed by atoms with Gasteiger partial charge in [0.2, 0.25) is 5.91 Å². The molecule has 4 N–H and O–H groups in total. The molecule has 0 unspecified atom stereocenters. The van der Waals surface area contributed by atoms with Crippen LogP contribution in [0.4, 0.5) is 11.4 Å². The Morgan fingerprint density at radius 2 is 1.83 bits per heavy atom. The van der Waals surface area contributed by atoms with Gasteiger partial charge < -0.3 is 21.1 Å². The molecule has 0 aromatic heterocycles. The van der Waals surface area contributed by atoms with E-state index >= 15 is 0 Å². The number of hydrogen-bond donors (Lipinski definition) is 3. The molecule has 7 nitrogen and oxygen atoms in total. The maximum atomic E-state index is 11.7. The summed E-state index contributed by atoms with van der Waals surface area (Å²) in [6, 6.07) is 4.93. The molecule has 7 heteroatoms. The van der Waals surface area contributed by atoms with Crippen LogP contribution in [0.15, 0.2) is 30.4 Å². The van der Waals surface area contributed by atoms with Crippen molar-refractivity contribution < 1.29 is 19.5 Å². The normalized spacial score (nSPS) is 14.7. The number of nitrogens with one attached hydrogen (secondary N) is 1. The molecule has 0 radical (unpaired) electrons. The number of hydrogen-bond acceptors (Lipinski definition) is 4. The van der Waals surface area contributed by atoms with Crippen molar-refractivity contribution in [3.8, 4) is 0 Å². The van der Waals surface area contributed by atoms with E-state index in [1.807, 2.05) is 0 Å². The number of rotatable bonds is 5. The van der Waals surface area contributed by atoms with Gasteiger partial charge in [-0.1, -0.05) is 0 Å². The summed E-state index contributed by atoms with van der Waals surface area (Å²) in [4.78, 5) is 35.8. The third kappa shape index (κ3) is 4.57. The molecule has 1 heterocycles. The molecule has 0 atom stereocenters. The van der Waals surface area contributed by atoms with Gasteiger partial charge in [0.05, 0.1) is 5.56 Å². The molecular weight excluding hydrogens is 298 g/mol. The van der Waals surface area contributed by atoms with Gasteiger partial charge in [-0.15, -0.1) is 0 Å². The first-order valence-corrected chi connectivity index (χ1v) is 7.38. The SMILES string of the molecule is NC(=O)c1cc(NC(=O)C=CC(=O)O)ccc1N1CCCCC1. The van der Waals surface area contributed by atoms with E-state index in [-0.39, 0.29) is 0 Å². The van der Waals surface area contributed by atoms with E-state index in [4.69, 9.17) is 10.8 Å². The van der Waals surface area contributed by atoms with Crippen LogP contribution in [0.3, 0.4) is 0 Å². The minimum Gasteiger partial charge on any atom is -0.478 e. The second kappa shape index (κ2) is 7.44. The molecular formula is C16H19N3O4. The second-order valence-electron chi connectivity index (χ2n) is 5.30. The molecule has 2 rings (SSSR count). The van der Waals surface area contributed by atoms with Crippen LogP contribution in [0, 0.1) is 0 Å². The van der Waals surface area contributed by atoms with Crippen molar-refractivity contribution in [1.29, 1.82) is 0 Å². The van der Waals surface area contributed by atoms with Crippen LogP contribution in [0.2, 0.25) is 0 Å². The summed E-state index contributed by atoms with van der Waals surface area (Å²) in [6.45, 7) is 1.74. The van der Waals surface area contributed by atoms with Crippen LogP contribution in [-0.2, 0) is 9.59 Å². The molecule has 1 fully saturated rings. The van der Waals surface area contributed by atoms with Gasteiger partial charge in [0.15, 0.2) is 0 Å². The zero-order valence-electron chi connectivity index (χ0n) is 12.6. The van der Waals surface area contributed by atoms with Crippen LogP contribution in [0.1, 0.15) is 29.6 Å². The number of aliphatic carboxylic acids is 1. The van der Waals surface area contributed by atoms with E-state index in [9.17, 15) is 14.4 Å². The molecule has 0 saturated carbocycles. The first kappa shape index (κ1) is 16.5. The predicted octanol–water partition coefficient (Wildman–Crippen LogP) is 1.36. The zero-order chi connectivity index (χ0) is 16.8. The number of benzene rings is 1. The highest BCUT2D eigenvalue weighted by Gasteiger charge is 2.18. The molecule has 0 bridgehead atoms. The van der Waals surface area contributed by atoms with Crippen molar-refractivity contribution >= 4 is 29.2 Å². The number of carbonyl (C=O) groups excluding carboxylic acids is 2. The van der Waals surface area contributed by atoms with Gasteiger partial charge in [-0.2, -0.15) is 0 Å². The lowest BCUT2D eigenvalue weighted by molar-refractivity contribution is -0.131. The maximum Gasteiger partial charge on any atom is 0.328 e. The van der Waals surface area contributed by atoms with Gasteiger partial charge in [0, 0.05) is 36.6 Å². The fourth-order valence-corrected chi connectivity index (χ4v) is 2.55. The maximum absolute atomic E-state index is 11.7.